The number of carboxylic acid groups (broad SMARTS) is 1. The van der Waals surface area contributed by atoms with Crippen molar-refractivity contribution in [3.8, 4) is 0 Å². The van der Waals surface area contributed by atoms with E-state index in [2.05, 4.69) is 9.55 Å². The first kappa shape index (κ1) is 20.6. The number of halogens is 1. The molecule has 0 unspecified atom stereocenters. The summed E-state index contributed by atoms with van der Waals surface area (Å²) in [7, 11) is 0. The highest BCUT2D eigenvalue weighted by Crippen LogP contribution is 2.37. The van der Waals surface area contributed by atoms with Crippen LogP contribution in [0.3, 0.4) is 0 Å². The molecule has 1 saturated carbocycles. The van der Waals surface area contributed by atoms with Crippen molar-refractivity contribution < 1.29 is 14.7 Å². The van der Waals surface area contributed by atoms with Crippen molar-refractivity contribution in [2.45, 2.75) is 46.1 Å². The van der Waals surface area contributed by atoms with Crippen LogP contribution in [0.5, 0.6) is 0 Å². The van der Waals surface area contributed by atoms with Crippen LogP contribution >= 0.6 is 11.6 Å². The Morgan fingerprint density at radius 3 is 2.50 bits per heavy atom. The summed E-state index contributed by atoms with van der Waals surface area (Å²) in [5.74, 6) is -0.787. The molecule has 0 radical (unpaired) electrons. The molecule has 156 valence electrons. The lowest BCUT2D eigenvalue weighted by atomic mass is 9.78. The molecule has 3 aromatic rings. The Morgan fingerprint density at radius 2 is 1.90 bits per heavy atom. The van der Waals surface area contributed by atoms with Gasteiger partial charge in [0.1, 0.15) is 0 Å². The number of rotatable bonds is 7. The zero-order valence-corrected chi connectivity index (χ0v) is 17.9. The van der Waals surface area contributed by atoms with E-state index in [9.17, 15) is 14.7 Å². The molecule has 0 saturated heterocycles. The number of nitrogens with zero attached hydrogens (tertiary/aromatic N) is 2. The smallest absolute Gasteiger partial charge is 0.309 e. The van der Waals surface area contributed by atoms with Crippen molar-refractivity contribution in [3.63, 3.8) is 0 Å². The molecule has 1 aliphatic carbocycles. The van der Waals surface area contributed by atoms with Crippen LogP contribution in [0.4, 0.5) is 0 Å². The summed E-state index contributed by atoms with van der Waals surface area (Å²) in [6.45, 7) is 3.91. The number of fused-ring (bicyclic) bond motifs is 1. The lowest BCUT2D eigenvalue weighted by Gasteiger charge is -2.26. The van der Waals surface area contributed by atoms with Crippen LogP contribution in [0.25, 0.3) is 11.0 Å². The van der Waals surface area contributed by atoms with Crippen molar-refractivity contribution >= 4 is 34.4 Å². The van der Waals surface area contributed by atoms with E-state index in [0.717, 1.165) is 36.0 Å². The van der Waals surface area contributed by atoms with Gasteiger partial charge in [0.25, 0.3) is 0 Å². The van der Waals surface area contributed by atoms with Gasteiger partial charge in [0.2, 0.25) is 0 Å². The predicted molar refractivity (Wildman–Crippen MR) is 117 cm³/mol. The number of carboxylic acids is 1. The third-order valence-corrected chi connectivity index (χ3v) is 6.35. The molecular formula is C24H25ClN2O3. The quantitative estimate of drug-likeness (QED) is 0.517. The van der Waals surface area contributed by atoms with Crippen LogP contribution in [0, 0.1) is 11.3 Å². The summed E-state index contributed by atoms with van der Waals surface area (Å²) >= 11 is 6.04. The SMILES string of the molecule is CC(C)(Cc1c(C(=O)C2CCC2)c2ncccc2n1Cc1ccc(Cl)cc1)C(=O)O. The molecule has 1 aliphatic rings. The highest BCUT2D eigenvalue weighted by atomic mass is 35.5. The predicted octanol–water partition coefficient (Wildman–Crippen LogP) is 5.37. The first-order valence-corrected chi connectivity index (χ1v) is 10.6. The topological polar surface area (TPSA) is 72.2 Å². The lowest BCUT2D eigenvalue weighted by molar-refractivity contribution is -0.146. The molecular weight excluding hydrogens is 400 g/mol. The van der Waals surface area contributed by atoms with Gasteiger partial charge in [-0.3, -0.25) is 14.6 Å². The van der Waals surface area contributed by atoms with Crippen molar-refractivity contribution in [3.05, 3.63) is 64.4 Å². The monoisotopic (exact) mass is 424 g/mol. The summed E-state index contributed by atoms with van der Waals surface area (Å²) in [4.78, 5) is 29.9. The Morgan fingerprint density at radius 1 is 1.20 bits per heavy atom. The molecule has 0 atom stereocenters. The van der Waals surface area contributed by atoms with Gasteiger partial charge in [0.05, 0.1) is 22.0 Å². The molecule has 5 nitrogen and oxygen atoms in total. The van der Waals surface area contributed by atoms with E-state index < -0.39 is 11.4 Å². The minimum absolute atomic E-state index is 0.00767. The summed E-state index contributed by atoms with van der Waals surface area (Å²) in [5, 5.41) is 10.4. The molecule has 1 fully saturated rings. The number of pyridine rings is 1. The van der Waals surface area contributed by atoms with Gasteiger partial charge in [-0.2, -0.15) is 0 Å². The van der Waals surface area contributed by atoms with E-state index in [1.807, 2.05) is 36.4 Å². The molecule has 0 spiro atoms. The number of carbonyl (C=O) groups is 2. The maximum atomic E-state index is 13.4. The Kier molecular flexibility index (Phi) is 5.41. The maximum absolute atomic E-state index is 13.4. The Labute approximate surface area is 180 Å². The molecule has 1 N–H and O–H groups in total. The third-order valence-electron chi connectivity index (χ3n) is 6.09. The van der Waals surface area contributed by atoms with Crippen LogP contribution in [0.1, 0.15) is 54.7 Å². The second-order valence-corrected chi connectivity index (χ2v) is 9.20. The molecule has 30 heavy (non-hydrogen) atoms. The van der Waals surface area contributed by atoms with Gasteiger partial charge in [0, 0.05) is 35.8 Å². The van der Waals surface area contributed by atoms with Crippen molar-refractivity contribution in [1.29, 1.82) is 0 Å². The zero-order valence-electron chi connectivity index (χ0n) is 17.2. The number of aliphatic carboxylic acids is 1. The van der Waals surface area contributed by atoms with E-state index in [-0.39, 0.29) is 18.1 Å². The molecule has 0 amide bonds. The summed E-state index contributed by atoms with van der Waals surface area (Å²) in [5.41, 5.74) is 2.88. The molecule has 0 bridgehead atoms. The van der Waals surface area contributed by atoms with Gasteiger partial charge in [-0.05, 0) is 56.5 Å². The highest BCUT2D eigenvalue weighted by molar-refractivity contribution is 6.30. The first-order valence-electron chi connectivity index (χ1n) is 10.3. The van der Waals surface area contributed by atoms with Gasteiger partial charge in [-0.15, -0.1) is 0 Å². The van der Waals surface area contributed by atoms with Crippen molar-refractivity contribution in [2.75, 3.05) is 0 Å². The number of hydrogen-bond acceptors (Lipinski definition) is 3. The van der Waals surface area contributed by atoms with E-state index in [0.29, 0.717) is 22.6 Å². The Bertz CT molecular complexity index is 1110. The van der Waals surface area contributed by atoms with Crippen LogP contribution in [-0.4, -0.2) is 26.4 Å². The van der Waals surface area contributed by atoms with Crippen LogP contribution in [0.15, 0.2) is 42.6 Å². The lowest BCUT2D eigenvalue weighted by Crippen LogP contribution is -2.29. The minimum Gasteiger partial charge on any atom is -0.481 e. The fourth-order valence-electron chi connectivity index (χ4n) is 3.99. The minimum atomic E-state index is -1.01. The van der Waals surface area contributed by atoms with Crippen molar-refractivity contribution in [1.82, 2.24) is 9.55 Å². The van der Waals surface area contributed by atoms with E-state index >= 15 is 0 Å². The van der Waals surface area contributed by atoms with Gasteiger partial charge in [0.15, 0.2) is 5.78 Å². The number of carbonyl (C=O) groups excluding carboxylic acids is 1. The summed E-state index contributed by atoms with van der Waals surface area (Å²) < 4.78 is 2.06. The second kappa shape index (κ2) is 7.88. The zero-order chi connectivity index (χ0) is 21.5. The fraction of sp³-hybridized carbons (Fsp3) is 0.375. The molecule has 2 heterocycles. The number of benzene rings is 1. The molecule has 4 rings (SSSR count). The normalized spacial score (nSPS) is 14.6. The highest BCUT2D eigenvalue weighted by Gasteiger charge is 2.36. The van der Waals surface area contributed by atoms with Crippen LogP contribution < -0.4 is 0 Å². The van der Waals surface area contributed by atoms with Crippen LogP contribution in [0.2, 0.25) is 5.02 Å². The molecule has 0 aliphatic heterocycles. The largest absolute Gasteiger partial charge is 0.481 e. The maximum Gasteiger partial charge on any atom is 0.309 e. The average molecular weight is 425 g/mol. The summed E-state index contributed by atoms with van der Waals surface area (Å²) in [6.07, 6.45) is 4.77. The number of Topliss-reactive ketones (excluding diaryl/α,β-unsaturated/α-hetero) is 1. The Hall–Kier alpha value is -2.66. The van der Waals surface area contributed by atoms with E-state index in [1.165, 1.54) is 0 Å². The first-order chi connectivity index (χ1) is 14.3. The standard InChI is InChI=1S/C24H25ClN2O3/c1-24(2,23(29)30)13-19-20(22(28)16-5-3-6-16)21-18(7-4-12-26-21)27(19)14-15-8-10-17(25)11-9-15/h4,7-12,16H,3,5-6,13-14H2,1-2H3,(H,29,30). The second-order valence-electron chi connectivity index (χ2n) is 8.76. The Balaban J connectivity index is 1.91. The van der Waals surface area contributed by atoms with Gasteiger partial charge in [-0.25, -0.2) is 0 Å². The average Bonchev–Trinajstić information content (AvgIpc) is 2.95. The molecule has 1 aromatic carbocycles. The molecule has 2 aromatic heterocycles. The summed E-state index contributed by atoms with van der Waals surface area (Å²) in [6, 6.07) is 11.4. The van der Waals surface area contributed by atoms with Gasteiger partial charge >= 0.3 is 5.97 Å². The number of hydrogen-bond donors (Lipinski definition) is 1. The number of aromatic nitrogens is 2. The van der Waals surface area contributed by atoms with Gasteiger partial charge < -0.3 is 9.67 Å². The van der Waals surface area contributed by atoms with Crippen molar-refractivity contribution in [2.24, 2.45) is 11.3 Å². The van der Waals surface area contributed by atoms with E-state index in [1.54, 1.807) is 20.0 Å². The molecule has 6 heteroatoms. The van der Waals surface area contributed by atoms with Crippen LogP contribution in [-0.2, 0) is 17.8 Å². The number of ketones is 1. The third kappa shape index (κ3) is 3.74. The van der Waals surface area contributed by atoms with E-state index in [4.69, 9.17) is 11.6 Å². The van der Waals surface area contributed by atoms with Gasteiger partial charge in [-0.1, -0.05) is 30.2 Å². The fourth-order valence-corrected chi connectivity index (χ4v) is 4.11.